The van der Waals surface area contributed by atoms with Crippen molar-refractivity contribution < 1.29 is 4.73 Å². The van der Waals surface area contributed by atoms with Gasteiger partial charge in [0, 0.05) is 22.9 Å². The van der Waals surface area contributed by atoms with Crippen molar-refractivity contribution in [3.05, 3.63) is 64.5 Å². The van der Waals surface area contributed by atoms with Crippen molar-refractivity contribution in [3.63, 3.8) is 0 Å². The Balaban J connectivity index is 1.93. The molecule has 1 aromatic carbocycles. The van der Waals surface area contributed by atoms with Crippen LogP contribution in [0.25, 0.3) is 0 Å². The van der Waals surface area contributed by atoms with Gasteiger partial charge in [-0.2, -0.15) is 4.73 Å². The first-order valence-corrected chi connectivity index (χ1v) is 6.68. The lowest BCUT2D eigenvalue weighted by atomic mass is 10.2. The molecule has 4 heteroatoms. The Morgan fingerprint density at radius 1 is 1.12 bits per heavy atom. The minimum absolute atomic E-state index is 0.722. The van der Waals surface area contributed by atoms with Gasteiger partial charge in [-0.15, -0.1) is 0 Å². The summed E-state index contributed by atoms with van der Waals surface area (Å²) in [6.07, 6.45) is 2.37. The van der Waals surface area contributed by atoms with Crippen LogP contribution in [0.3, 0.4) is 0 Å². The van der Waals surface area contributed by atoms with Crippen LogP contribution >= 0.6 is 23.4 Å². The molecule has 1 aromatic heterocycles. The standard InChI is InChI=1S/C13H12ClNOS/c14-12-6-2-1-5-11(12)8-10-17-13-7-3-4-9-15(13)16/h1-7,9H,8,10H2. The maximum Gasteiger partial charge on any atom is 0.251 e. The molecule has 2 nitrogen and oxygen atoms in total. The highest BCUT2D eigenvalue weighted by molar-refractivity contribution is 7.99. The second-order valence-electron chi connectivity index (χ2n) is 3.55. The summed E-state index contributed by atoms with van der Waals surface area (Å²) in [5.41, 5.74) is 1.12. The summed E-state index contributed by atoms with van der Waals surface area (Å²) in [7, 11) is 0. The Hall–Kier alpha value is -1.19. The third kappa shape index (κ3) is 3.38. The Bertz CT molecular complexity index is 459. The molecular weight excluding hydrogens is 254 g/mol. The minimum atomic E-state index is 0.722. The zero-order chi connectivity index (χ0) is 12.1. The molecule has 0 radical (unpaired) electrons. The molecule has 2 rings (SSSR count). The number of aryl methyl sites for hydroxylation is 1. The van der Waals surface area contributed by atoms with Crippen molar-refractivity contribution in [2.45, 2.75) is 11.4 Å². The third-order valence-corrected chi connectivity index (χ3v) is 3.76. The maximum absolute atomic E-state index is 11.4. The molecule has 0 aliphatic carbocycles. The topological polar surface area (TPSA) is 26.9 Å². The summed E-state index contributed by atoms with van der Waals surface area (Å²) in [5, 5.41) is 12.9. The number of thioether (sulfide) groups is 1. The summed E-state index contributed by atoms with van der Waals surface area (Å²) in [4.78, 5) is 0. The van der Waals surface area contributed by atoms with Crippen molar-refractivity contribution in [1.29, 1.82) is 0 Å². The van der Waals surface area contributed by atoms with Crippen LogP contribution in [0.4, 0.5) is 0 Å². The average molecular weight is 266 g/mol. The van der Waals surface area contributed by atoms with E-state index < -0.39 is 0 Å². The van der Waals surface area contributed by atoms with Gasteiger partial charge in [-0.25, -0.2) is 0 Å². The van der Waals surface area contributed by atoms with Gasteiger partial charge in [-0.1, -0.05) is 41.6 Å². The molecular formula is C13H12ClNOS. The van der Waals surface area contributed by atoms with Gasteiger partial charge in [0.25, 0.3) is 5.03 Å². The van der Waals surface area contributed by atoms with Crippen LogP contribution in [-0.2, 0) is 6.42 Å². The molecule has 0 aliphatic heterocycles. The van der Waals surface area contributed by atoms with Crippen molar-refractivity contribution >= 4 is 23.4 Å². The molecule has 0 spiro atoms. The highest BCUT2D eigenvalue weighted by Gasteiger charge is 2.05. The Labute approximate surface area is 110 Å². The molecule has 0 saturated heterocycles. The van der Waals surface area contributed by atoms with Gasteiger partial charge in [0.1, 0.15) is 0 Å². The number of rotatable bonds is 4. The highest BCUT2D eigenvalue weighted by Crippen LogP contribution is 2.19. The van der Waals surface area contributed by atoms with Crippen LogP contribution in [0.2, 0.25) is 5.02 Å². The molecule has 88 valence electrons. The van der Waals surface area contributed by atoms with Crippen molar-refractivity contribution in [1.82, 2.24) is 0 Å². The normalized spacial score (nSPS) is 10.4. The number of hydrogen-bond donors (Lipinski definition) is 0. The van der Waals surface area contributed by atoms with Crippen LogP contribution in [0.15, 0.2) is 53.7 Å². The van der Waals surface area contributed by atoms with Crippen LogP contribution < -0.4 is 4.73 Å². The van der Waals surface area contributed by atoms with Crippen molar-refractivity contribution in [2.24, 2.45) is 0 Å². The van der Waals surface area contributed by atoms with Crippen LogP contribution in [0, 0.1) is 5.21 Å². The molecule has 1 heterocycles. The van der Waals surface area contributed by atoms with Crippen molar-refractivity contribution in [3.8, 4) is 0 Å². The zero-order valence-corrected chi connectivity index (χ0v) is 10.7. The lowest BCUT2D eigenvalue weighted by Gasteiger charge is -2.04. The van der Waals surface area contributed by atoms with Crippen LogP contribution in [-0.4, -0.2) is 5.75 Å². The van der Waals surface area contributed by atoms with Crippen molar-refractivity contribution in [2.75, 3.05) is 5.75 Å². The first kappa shape index (κ1) is 12.3. The molecule has 2 aromatic rings. The van der Waals surface area contributed by atoms with Gasteiger partial charge < -0.3 is 5.21 Å². The third-order valence-electron chi connectivity index (χ3n) is 2.37. The monoisotopic (exact) mass is 265 g/mol. The van der Waals surface area contributed by atoms with E-state index in [1.807, 2.05) is 36.4 Å². The highest BCUT2D eigenvalue weighted by atomic mass is 35.5. The maximum atomic E-state index is 11.4. The lowest BCUT2D eigenvalue weighted by Crippen LogP contribution is -2.27. The smallest absolute Gasteiger partial charge is 0.251 e. The van der Waals surface area contributed by atoms with E-state index in [2.05, 4.69) is 0 Å². The number of pyridine rings is 1. The first-order chi connectivity index (χ1) is 8.27. The fraction of sp³-hybridized carbons (Fsp3) is 0.154. The number of halogens is 1. The number of benzene rings is 1. The van der Waals surface area contributed by atoms with Crippen LogP contribution in [0.5, 0.6) is 0 Å². The van der Waals surface area contributed by atoms with E-state index in [1.54, 1.807) is 17.8 Å². The fourth-order valence-electron chi connectivity index (χ4n) is 1.49. The predicted molar refractivity (Wildman–Crippen MR) is 71.3 cm³/mol. The Kier molecular flexibility index (Phi) is 4.29. The molecule has 0 unspecified atom stereocenters. The Morgan fingerprint density at radius 3 is 2.65 bits per heavy atom. The second kappa shape index (κ2) is 5.94. The quantitative estimate of drug-likeness (QED) is 0.482. The predicted octanol–water partition coefficient (Wildman–Crippen LogP) is 3.31. The first-order valence-electron chi connectivity index (χ1n) is 5.32. The molecule has 0 fully saturated rings. The number of aromatic nitrogens is 1. The summed E-state index contributed by atoms with van der Waals surface area (Å²) in [5.74, 6) is 0.843. The van der Waals surface area contributed by atoms with Gasteiger partial charge >= 0.3 is 0 Å². The summed E-state index contributed by atoms with van der Waals surface area (Å²) < 4.78 is 0.886. The van der Waals surface area contributed by atoms with E-state index >= 15 is 0 Å². The fourth-order valence-corrected chi connectivity index (χ4v) is 2.62. The van der Waals surface area contributed by atoms with E-state index in [0.717, 1.165) is 32.5 Å². The summed E-state index contributed by atoms with van der Waals surface area (Å²) >= 11 is 7.60. The molecule has 0 aliphatic rings. The SMILES string of the molecule is [O-][n+]1ccccc1SCCc1ccccc1Cl. The lowest BCUT2D eigenvalue weighted by molar-refractivity contribution is -0.645. The van der Waals surface area contributed by atoms with E-state index in [-0.39, 0.29) is 0 Å². The van der Waals surface area contributed by atoms with Gasteiger partial charge in [0.05, 0.1) is 0 Å². The van der Waals surface area contributed by atoms with Gasteiger partial charge in [-0.3, -0.25) is 0 Å². The van der Waals surface area contributed by atoms with E-state index in [0.29, 0.717) is 0 Å². The average Bonchev–Trinajstić information content (AvgIpc) is 2.34. The Morgan fingerprint density at radius 2 is 1.88 bits per heavy atom. The molecule has 17 heavy (non-hydrogen) atoms. The van der Waals surface area contributed by atoms with Gasteiger partial charge in [-0.05, 0) is 24.1 Å². The molecule has 0 bridgehead atoms. The van der Waals surface area contributed by atoms with E-state index in [4.69, 9.17) is 11.6 Å². The van der Waals surface area contributed by atoms with Crippen LogP contribution in [0.1, 0.15) is 5.56 Å². The molecule has 0 amide bonds. The minimum Gasteiger partial charge on any atom is -0.618 e. The number of nitrogens with zero attached hydrogens (tertiary/aromatic N) is 1. The van der Waals surface area contributed by atoms with Gasteiger partial charge in [0.2, 0.25) is 0 Å². The molecule has 0 atom stereocenters. The number of hydrogen-bond acceptors (Lipinski definition) is 2. The summed E-state index contributed by atoms with van der Waals surface area (Å²) in [6.45, 7) is 0. The van der Waals surface area contributed by atoms with Gasteiger partial charge in [0.15, 0.2) is 6.20 Å². The van der Waals surface area contributed by atoms with E-state index in [1.165, 1.54) is 6.20 Å². The molecule has 0 N–H and O–H groups in total. The molecule has 0 saturated carbocycles. The zero-order valence-electron chi connectivity index (χ0n) is 9.17. The largest absolute Gasteiger partial charge is 0.618 e. The summed E-state index contributed by atoms with van der Waals surface area (Å²) in [6, 6.07) is 13.2. The second-order valence-corrected chi connectivity index (χ2v) is 5.08. The van der Waals surface area contributed by atoms with E-state index in [9.17, 15) is 5.21 Å².